The zero-order chi connectivity index (χ0) is 8.69. The molecule has 0 rings (SSSR count). The van der Waals surface area contributed by atoms with E-state index in [0.29, 0.717) is 13.0 Å². The van der Waals surface area contributed by atoms with Gasteiger partial charge in [0.25, 0.3) is 0 Å². The molecule has 0 spiro atoms. The third-order valence-corrected chi connectivity index (χ3v) is 1.57. The van der Waals surface area contributed by atoms with E-state index in [1.165, 1.54) is 5.57 Å². The average molecular weight is 156 g/mol. The van der Waals surface area contributed by atoms with E-state index in [1.54, 1.807) is 6.92 Å². The third kappa shape index (κ3) is 4.59. The molecular weight excluding hydrogens is 140 g/mol. The van der Waals surface area contributed by atoms with Crippen molar-refractivity contribution < 1.29 is 9.53 Å². The van der Waals surface area contributed by atoms with Gasteiger partial charge >= 0.3 is 5.97 Å². The summed E-state index contributed by atoms with van der Waals surface area (Å²) in [6.07, 6.45) is 3.40. The van der Waals surface area contributed by atoms with Crippen molar-refractivity contribution in [3.05, 3.63) is 11.6 Å². The third-order valence-electron chi connectivity index (χ3n) is 1.57. The minimum Gasteiger partial charge on any atom is -0.461 e. The van der Waals surface area contributed by atoms with Gasteiger partial charge in [0.2, 0.25) is 0 Å². The van der Waals surface area contributed by atoms with Crippen molar-refractivity contribution in [1.82, 2.24) is 0 Å². The standard InChI is InChI=1S/C9H16O2/c1-4-8(5-2)7-11-9(10)6-3/h4H,5-7H2,1-3H3. The monoisotopic (exact) mass is 156 g/mol. The van der Waals surface area contributed by atoms with Crippen LogP contribution in [-0.2, 0) is 9.53 Å². The molecule has 0 aromatic rings. The fraction of sp³-hybridized carbons (Fsp3) is 0.667. The van der Waals surface area contributed by atoms with Crippen LogP contribution in [0.1, 0.15) is 33.6 Å². The fourth-order valence-corrected chi connectivity index (χ4v) is 0.665. The summed E-state index contributed by atoms with van der Waals surface area (Å²) in [5, 5.41) is 0. The first-order valence-electron chi connectivity index (χ1n) is 4.04. The number of ether oxygens (including phenoxy) is 1. The Labute approximate surface area is 68.2 Å². The topological polar surface area (TPSA) is 26.3 Å². The highest BCUT2D eigenvalue weighted by atomic mass is 16.5. The molecule has 2 heteroatoms. The normalized spacial score (nSPS) is 11.4. The van der Waals surface area contributed by atoms with Gasteiger partial charge < -0.3 is 4.74 Å². The van der Waals surface area contributed by atoms with Gasteiger partial charge in [0.15, 0.2) is 0 Å². The summed E-state index contributed by atoms with van der Waals surface area (Å²) < 4.78 is 4.93. The van der Waals surface area contributed by atoms with E-state index in [9.17, 15) is 4.79 Å². The average Bonchev–Trinajstić information content (AvgIpc) is 2.06. The van der Waals surface area contributed by atoms with Crippen molar-refractivity contribution in [3.63, 3.8) is 0 Å². The van der Waals surface area contributed by atoms with Gasteiger partial charge in [0, 0.05) is 6.42 Å². The largest absolute Gasteiger partial charge is 0.461 e. The van der Waals surface area contributed by atoms with Crippen molar-refractivity contribution in [2.24, 2.45) is 0 Å². The molecule has 0 amide bonds. The van der Waals surface area contributed by atoms with Gasteiger partial charge in [-0.2, -0.15) is 0 Å². The van der Waals surface area contributed by atoms with Gasteiger partial charge in [-0.25, -0.2) is 0 Å². The Bertz CT molecular complexity index is 148. The minimum absolute atomic E-state index is 0.127. The summed E-state index contributed by atoms with van der Waals surface area (Å²) in [6.45, 7) is 6.26. The zero-order valence-electron chi connectivity index (χ0n) is 7.52. The van der Waals surface area contributed by atoms with Crippen molar-refractivity contribution in [3.8, 4) is 0 Å². The second kappa shape index (κ2) is 5.96. The predicted molar refractivity (Wildman–Crippen MR) is 45.3 cm³/mol. The van der Waals surface area contributed by atoms with E-state index in [1.807, 2.05) is 13.0 Å². The van der Waals surface area contributed by atoms with E-state index in [-0.39, 0.29) is 5.97 Å². The molecule has 0 fully saturated rings. The fourth-order valence-electron chi connectivity index (χ4n) is 0.665. The molecule has 11 heavy (non-hydrogen) atoms. The molecule has 0 aromatic heterocycles. The molecule has 0 aliphatic carbocycles. The Morgan fingerprint density at radius 1 is 1.36 bits per heavy atom. The molecule has 0 atom stereocenters. The Kier molecular flexibility index (Phi) is 5.53. The summed E-state index contributed by atoms with van der Waals surface area (Å²) in [7, 11) is 0. The van der Waals surface area contributed by atoms with Crippen molar-refractivity contribution in [1.29, 1.82) is 0 Å². The lowest BCUT2D eigenvalue weighted by Gasteiger charge is -2.04. The van der Waals surface area contributed by atoms with E-state index in [2.05, 4.69) is 6.92 Å². The molecule has 0 N–H and O–H groups in total. The Morgan fingerprint density at radius 3 is 2.36 bits per heavy atom. The number of allylic oxidation sites excluding steroid dienone is 1. The van der Waals surface area contributed by atoms with Gasteiger partial charge in [-0.05, 0) is 18.9 Å². The van der Waals surface area contributed by atoms with Crippen molar-refractivity contribution in [2.45, 2.75) is 33.6 Å². The first kappa shape index (κ1) is 10.2. The maximum absolute atomic E-state index is 10.7. The Morgan fingerprint density at radius 2 is 2.00 bits per heavy atom. The van der Waals surface area contributed by atoms with Crippen LogP contribution in [0.4, 0.5) is 0 Å². The highest BCUT2D eigenvalue weighted by molar-refractivity contribution is 5.69. The van der Waals surface area contributed by atoms with E-state index >= 15 is 0 Å². The van der Waals surface area contributed by atoms with E-state index < -0.39 is 0 Å². The highest BCUT2D eigenvalue weighted by Gasteiger charge is 1.98. The van der Waals surface area contributed by atoms with Crippen LogP contribution in [0.2, 0.25) is 0 Å². The highest BCUT2D eigenvalue weighted by Crippen LogP contribution is 2.00. The first-order chi connectivity index (χ1) is 5.24. The van der Waals surface area contributed by atoms with Crippen LogP contribution in [0.25, 0.3) is 0 Å². The van der Waals surface area contributed by atoms with Crippen molar-refractivity contribution >= 4 is 5.97 Å². The SMILES string of the molecule is CC=C(CC)COC(=O)CC. The lowest BCUT2D eigenvalue weighted by molar-refractivity contribution is -0.142. The number of hydrogen-bond donors (Lipinski definition) is 0. The van der Waals surface area contributed by atoms with Gasteiger partial charge in [-0.3, -0.25) is 4.79 Å². The maximum Gasteiger partial charge on any atom is 0.305 e. The number of carbonyl (C=O) groups excluding carboxylic acids is 1. The number of carbonyl (C=O) groups is 1. The predicted octanol–water partition coefficient (Wildman–Crippen LogP) is 2.30. The second-order valence-corrected chi connectivity index (χ2v) is 2.31. The maximum atomic E-state index is 10.7. The van der Waals surface area contributed by atoms with Crippen LogP contribution in [0, 0.1) is 0 Å². The molecule has 0 bridgehead atoms. The first-order valence-corrected chi connectivity index (χ1v) is 4.04. The molecule has 64 valence electrons. The molecule has 0 aliphatic heterocycles. The van der Waals surface area contributed by atoms with Crippen molar-refractivity contribution in [2.75, 3.05) is 6.61 Å². The quantitative estimate of drug-likeness (QED) is 0.461. The molecule has 0 heterocycles. The smallest absolute Gasteiger partial charge is 0.305 e. The van der Waals surface area contributed by atoms with Crippen LogP contribution in [0.5, 0.6) is 0 Å². The van der Waals surface area contributed by atoms with Crippen LogP contribution in [0.15, 0.2) is 11.6 Å². The Hall–Kier alpha value is -0.790. The van der Waals surface area contributed by atoms with E-state index in [0.717, 1.165) is 6.42 Å². The van der Waals surface area contributed by atoms with Crippen LogP contribution >= 0.6 is 0 Å². The summed E-state index contributed by atoms with van der Waals surface area (Å²) >= 11 is 0. The van der Waals surface area contributed by atoms with Gasteiger partial charge in [-0.15, -0.1) is 0 Å². The lowest BCUT2D eigenvalue weighted by Crippen LogP contribution is -2.05. The lowest BCUT2D eigenvalue weighted by atomic mass is 10.2. The molecule has 0 aromatic carbocycles. The van der Waals surface area contributed by atoms with Gasteiger partial charge in [0.1, 0.15) is 6.61 Å². The number of hydrogen-bond acceptors (Lipinski definition) is 2. The molecule has 0 saturated carbocycles. The molecule has 0 saturated heterocycles. The number of esters is 1. The minimum atomic E-state index is -0.127. The van der Waals surface area contributed by atoms with Gasteiger partial charge in [0.05, 0.1) is 0 Å². The summed E-state index contributed by atoms with van der Waals surface area (Å²) in [5.74, 6) is -0.127. The Balaban J connectivity index is 3.60. The summed E-state index contributed by atoms with van der Waals surface area (Å²) in [5.41, 5.74) is 1.17. The van der Waals surface area contributed by atoms with Crippen LogP contribution in [0.3, 0.4) is 0 Å². The van der Waals surface area contributed by atoms with Crippen LogP contribution < -0.4 is 0 Å². The second-order valence-electron chi connectivity index (χ2n) is 2.31. The van der Waals surface area contributed by atoms with E-state index in [4.69, 9.17) is 4.74 Å². The molecule has 0 radical (unpaired) electrons. The molecule has 2 nitrogen and oxygen atoms in total. The van der Waals surface area contributed by atoms with Crippen LogP contribution in [-0.4, -0.2) is 12.6 Å². The molecule has 0 unspecified atom stereocenters. The molecule has 0 aliphatic rings. The summed E-state index contributed by atoms with van der Waals surface area (Å²) in [4.78, 5) is 10.7. The van der Waals surface area contributed by atoms with Gasteiger partial charge in [-0.1, -0.05) is 19.9 Å². The zero-order valence-corrected chi connectivity index (χ0v) is 7.52. The summed E-state index contributed by atoms with van der Waals surface area (Å²) in [6, 6.07) is 0. The number of rotatable bonds is 4. The molecular formula is C9H16O2.